The first-order valence-corrected chi connectivity index (χ1v) is 16.7. The van der Waals surface area contributed by atoms with Crippen molar-refractivity contribution >= 4 is 54.7 Å². The highest BCUT2D eigenvalue weighted by molar-refractivity contribution is 7.23. The lowest BCUT2D eigenvalue weighted by Crippen LogP contribution is -2.51. The molecule has 3 N–H and O–H groups in total. The van der Waals surface area contributed by atoms with E-state index in [2.05, 4.69) is 10.3 Å². The van der Waals surface area contributed by atoms with Crippen molar-refractivity contribution in [2.75, 3.05) is 43.4 Å². The number of fused-ring (bicyclic) bond motifs is 5. The van der Waals surface area contributed by atoms with E-state index in [9.17, 15) is 14.0 Å². The number of benzene rings is 2. The van der Waals surface area contributed by atoms with Crippen LogP contribution in [0, 0.1) is 17.1 Å². The lowest BCUT2D eigenvalue weighted by Gasteiger charge is -2.35. The molecule has 4 fully saturated rings. The Morgan fingerprint density at radius 1 is 1.19 bits per heavy atom. The maximum Gasteiger partial charge on any atom is 0.419 e. The van der Waals surface area contributed by atoms with Crippen LogP contribution in [0.25, 0.3) is 32.1 Å². The molecule has 4 aliphatic heterocycles. The van der Waals surface area contributed by atoms with Crippen molar-refractivity contribution in [3.8, 4) is 23.2 Å². The zero-order valence-corrected chi connectivity index (χ0v) is 26.5. The number of ether oxygens (including phenoxy) is 1. The highest BCUT2D eigenvalue weighted by Crippen LogP contribution is 2.51. The third-order valence-corrected chi connectivity index (χ3v) is 11.5. The highest BCUT2D eigenvalue weighted by Gasteiger charge is 2.49. The fourth-order valence-electron chi connectivity index (χ4n) is 8.17. The van der Waals surface area contributed by atoms with Crippen molar-refractivity contribution < 1.29 is 26.7 Å². The number of hydrogen-bond donors (Lipinski definition) is 2. The average molecular weight is 690 g/mol. The van der Waals surface area contributed by atoms with E-state index in [1.807, 2.05) is 15.9 Å². The molecule has 2 bridgehead atoms. The minimum Gasteiger partial charge on any atom is -0.461 e. The summed E-state index contributed by atoms with van der Waals surface area (Å²) in [7, 11) is 0. The van der Waals surface area contributed by atoms with Crippen molar-refractivity contribution in [2.24, 2.45) is 0 Å². The van der Waals surface area contributed by atoms with Gasteiger partial charge in [0.15, 0.2) is 0 Å². The average Bonchev–Trinajstić information content (AvgIpc) is 3.75. The Morgan fingerprint density at radius 2 is 1.96 bits per heavy atom. The summed E-state index contributed by atoms with van der Waals surface area (Å²) in [5.41, 5.74) is 3.19. The molecule has 15 heteroatoms. The first-order valence-electron chi connectivity index (χ1n) is 15.5. The van der Waals surface area contributed by atoms with E-state index in [-0.39, 0.29) is 73.6 Å². The topological polar surface area (TPSA) is 103 Å². The van der Waals surface area contributed by atoms with E-state index in [4.69, 9.17) is 27.1 Å². The first-order chi connectivity index (χ1) is 22.5. The maximum absolute atomic E-state index is 15.4. The van der Waals surface area contributed by atoms with E-state index in [1.54, 1.807) is 0 Å². The number of hydrogen-bond acceptors (Lipinski definition) is 9. The summed E-state index contributed by atoms with van der Waals surface area (Å²) in [6.45, 7) is 2.08. The van der Waals surface area contributed by atoms with Gasteiger partial charge >= 0.3 is 12.2 Å². The molecule has 4 saturated heterocycles. The molecule has 8 rings (SSSR count). The van der Waals surface area contributed by atoms with Gasteiger partial charge in [-0.25, -0.2) is 8.78 Å². The van der Waals surface area contributed by atoms with Crippen molar-refractivity contribution in [1.29, 1.82) is 5.26 Å². The number of nitriles is 1. The Bertz CT molecular complexity index is 1970. The fourth-order valence-corrected chi connectivity index (χ4v) is 9.42. The molecule has 6 heterocycles. The van der Waals surface area contributed by atoms with Gasteiger partial charge in [-0.2, -0.15) is 28.4 Å². The first kappa shape index (κ1) is 30.8. The summed E-state index contributed by atoms with van der Waals surface area (Å²) >= 11 is 7.55. The second-order valence-corrected chi connectivity index (χ2v) is 14.5. The minimum atomic E-state index is -4.99. The van der Waals surface area contributed by atoms with E-state index >= 15 is 13.2 Å². The summed E-state index contributed by atoms with van der Waals surface area (Å²) in [6, 6.07) is 5.59. The molecule has 3 unspecified atom stereocenters. The predicted molar refractivity (Wildman–Crippen MR) is 170 cm³/mol. The van der Waals surface area contributed by atoms with Gasteiger partial charge in [0.1, 0.15) is 35.5 Å². The van der Waals surface area contributed by atoms with Crippen LogP contribution in [-0.4, -0.2) is 71.4 Å². The van der Waals surface area contributed by atoms with Gasteiger partial charge in [0.2, 0.25) is 0 Å². The van der Waals surface area contributed by atoms with Gasteiger partial charge in [0.05, 0.1) is 26.9 Å². The Hall–Kier alpha value is -3.51. The van der Waals surface area contributed by atoms with Crippen LogP contribution in [0.2, 0.25) is 5.02 Å². The van der Waals surface area contributed by atoms with Gasteiger partial charge in [-0.1, -0.05) is 17.7 Å². The maximum atomic E-state index is 15.4. The lowest BCUT2D eigenvalue weighted by atomic mass is 9.92. The van der Waals surface area contributed by atoms with Gasteiger partial charge in [0, 0.05) is 59.5 Å². The third kappa shape index (κ3) is 4.96. The van der Waals surface area contributed by atoms with Crippen LogP contribution in [0.1, 0.15) is 43.2 Å². The van der Waals surface area contributed by atoms with Crippen molar-refractivity contribution in [3.63, 3.8) is 0 Å². The number of halogens is 6. The monoisotopic (exact) mass is 689 g/mol. The molecule has 0 saturated carbocycles. The summed E-state index contributed by atoms with van der Waals surface area (Å²) in [4.78, 5) is 13.1. The number of nitrogen functional groups attached to an aromatic ring is 1. The summed E-state index contributed by atoms with van der Waals surface area (Å²) in [5, 5.41) is 13.1. The van der Waals surface area contributed by atoms with E-state index in [0.29, 0.717) is 26.1 Å². The number of alkyl halides is 4. The van der Waals surface area contributed by atoms with Crippen LogP contribution < -0.4 is 20.7 Å². The van der Waals surface area contributed by atoms with Crippen LogP contribution in [0.4, 0.5) is 32.8 Å². The SMILES string of the molecule is N#Cc1c(N)sc2c(F)ccc(-c3c(Cl)cc4c(N5CC6CCC(C5)N6)nc(OCC56CCCN5C[C@H](F)C6)nc4c3C(F)(F)F)c12. The number of piperazine rings is 1. The zero-order valence-electron chi connectivity index (χ0n) is 24.9. The summed E-state index contributed by atoms with van der Waals surface area (Å²) < 4.78 is 81.7. The highest BCUT2D eigenvalue weighted by atomic mass is 35.5. The molecular formula is C32H29ClF5N7OS. The van der Waals surface area contributed by atoms with Crippen molar-refractivity contribution in [2.45, 2.75) is 62.1 Å². The molecular weight excluding hydrogens is 661 g/mol. The second-order valence-electron chi connectivity index (χ2n) is 13.0. The molecule has 2 aromatic carbocycles. The predicted octanol–water partition coefficient (Wildman–Crippen LogP) is 6.67. The van der Waals surface area contributed by atoms with Crippen LogP contribution in [0.3, 0.4) is 0 Å². The van der Waals surface area contributed by atoms with E-state index < -0.39 is 40.3 Å². The standard InChI is InChI=1S/C32H29ClF5N7OS/c33-21-8-19-26(25(32(36,37)38)24(21)18-4-5-22(35)27-23(18)20(10-39)28(40)47-27)42-30(43-29(19)44-12-16-2-3-17(13-44)41-16)46-14-31-6-1-7-45(31)11-15(34)9-31/h4-5,8,15-17,41H,1-3,6-7,9,11-14,40H2/t15-,16?,17?,31?/m1/s1. The largest absolute Gasteiger partial charge is 0.461 e. The molecule has 2 aromatic heterocycles. The molecule has 8 nitrogen and oxygen atoms in total. The summed E-state index contributed by atoms with van der Waals surface area (Å²) in [6.07, 6.45) is -2.30. The van der Waals surface area contributed by atoms with Crippen molar-refractivity contribution in [1.82, 2.24) is 20.2 Å². The summed E-state index contributed by atoms with van der Waals surface area (Å²) in [5.74, 6) is -0.455. The van der Waals surface area contributed by atoms with Crippen molar-refractivity contribution in [3.05, 3.63) is 40.2 Å². The molecule has 4 aliphatic rings. The van der Waals surface area contributed by atoms with Gasteiger partial charge < -0.3 is 20.7 Å². The Kier molecular flexibility index (Phi) is 7.22. The number of anilines is 2. The molecule has 47 heavy (non-hydrogen) atoms. The smallest absolute Gasteiger partial charge is 0.419 e. The van der Waals surface area contributed by atoms with Gasteiger partial charge in [-0.15, -0.1) is 11.3 Å². The quantitative estimate of drug-likeness (QED) is 0.224. The van der Waals surface area contributed by atoms with E-state index in [0.717, 1.165) is 43.2 Å². The van der Waals surface area contributed by atoms with Crippen LogP contribution >= 0.6 is 22.9 Å². The van der Waals surface area contributed by atoms with E-state index in [1.165, 1.54) is 12.1 Å². The lowest BCUT2D eigenvalue weighted by molar-refractivity contribution is -0.135. The Labute approximate surface area is 275 Å². The fraction of sp³-hybridized carbons (Fsp3) is 0.469. The van der Waals surface area contributed by atoms with Crippen LogP contribution in [0.5, 0.6) is 6.01 Å². The van der Waals surface area contributed by atoms with Crippen LogP contribution in [-0.2, 0) is 6.18 Å². The number of nitrogens with one attached hydrogen (secondary N) is 1. The molecule has 0 radical (unpaired) electrons. The molecule has 246 valence electrons. The number of rotatable bonds is 5. The molecule has 0 spiro atoms. The third-order valence-electron chi connectivity index (χ3n) is 10.1. The molecule has 0 amide bonds. The number of aromatic nitrogens is 2. The Morgan fingerprint density at radius 3 is 2.68 bits per heavy atom. The minimum absolute atomic E-state index is 0.0179. The number of nitrogens with zero attached hydrogens (tertiary/aromatic N) is 5. The number of nitrogens with two attached hydrogens (primary N) is 1. The molecule has 0 aliphatic carbocycles. The normalized spacial score (nSPS) is 26.0. The van der Waals surface area contributed by atoms with Gasteiger partial charge in [-0.3, -0.25) is 4.90 Å². The zero-order chi connectivity index (χ0) is 32.8. The van der Waals surface area contributed by atoms with Crippen LogP contribution in [0.15, 0.2) is 18.2 Å². The molecule has 4 aromatic rings. The number of thiophene rings is 1. The Balaban J connectivity index is 1.36. The van der Waals surface area contributed by atoms with Gasteiger partial charge in [0.25, 0.3) is 0 Å². The second kappa shape index (κ2) is 11.0. The molecule has 4 atom stereocenters. The van der Waals surface area contributed by atoms with Gasteiger partial charge in [-0.05, 0) is 49.9 Å².